The third-order valence-electron chi connectivity index (χ3n) is 2.48. The van der Waals surface area contributed by atoms with E-state index in [2.05, 4.69) is 5.32 Å². The van der Waals surface area contributed by atoms with Crippen LogP contribution in [-0.4, -0.2) is 17.1 Å². The molecule has 14 heavy (non-hydrogen) atoms. The van der Waals surface area contributed by atoms with Crippen LogP contribution in [0.5, 0.6) is 0 Å². The molecular formula is C11H13NO2. The number of hydrogen-bond donors (Lipinski definition) is 2. The van der Waals surface area contributed by atoms with Crippen LogP contribution in [0.15, 0.2) is 18.2 Å². The molecule has 0 bridgehead atoms. The Morgan fingerprint density at radius 1 is 1.50 bits per heavy atom. The standard InChI is InChI=1S/C11H13NO2/c1-7(13)12-11-4-2-3-8-5-9(14)6-10(8)11/h2-4,9,14H,5-6H2,1H3,(H,12,13). The summed E-state index contributed by atoms with van der Waals surface area (Å²) in [6.45, 7) is 1.49. The quantitative estimate of drug-likeness (QED) is 0.698. The SMILES string of the molecule is CC(=O)Nc1cccc2c1CC(O)C2. The minimum atomic E-state index is -0.292. The molecule has 1 aromatic carbocycles. The zero-order valence-electron chi connectivity index (χ0n) is 8.08. The lowest BCUT2D eigenvalue weighted by Crippen LogP contribution is -2.09. The Morgan fingerprint density at radius 3 is 3.00 bits per heavy atom. The number of hydrogen-bond acceptors (Lipinski definition) is 2. The summed E-state index contributed by atoms with van der Waals surface area (Å²) in [4.78, 5) is 10.9. The van der Waals surface area contributed by atoms with Gasteiger partial charge in [-0.25, -0.2) is 0 Å². The van der Waals surface area contributed by atoms with Crippen molar-refractivity contribution in [1.29, 1.82) is 0 Å². The molecule has 3 heteroatoms. The molecule has 0 radical (unpaired) electrons. The van der Waals surface area contributed by atoms with Gasteiger partial charge in [0, 0.05) is 19.0 Å². The highest BCUT2D eigenvalue weighted by molar-refractivity contribution is 5.89. The van der Waals surface area contributed by atoms with E-state index < -0.39 is 0 Å². The van der Waals surface area contributed by atoms with E-state index in [4.69, 9.17) is 0 Å². The fraction of sp³-hybridized carbons (Fsp3) is 0.364. The Balaban J connectivity index is 2.34. The van der Waals surface area contributed by atoms with Crippen molar-refractivity contribution < 1.29 is 9.90 Å². The van der Waals surface area contributed by atoms with Gasteiger partial charge in [0.2, 0.25) is 5.91 Å². The molecule has 2 N–H and O–H groups in total. The topological polar surface area (TPSA) is 49.3 Å². The Bertz CT molecular complexity index is 374. The molecule has 0 heterocycles. The van der Waals surface area contributed by atoms with Gasteiger partial charge < -0.3 is 10.4 Å². The molecule has 1 aliphatic rings. The molecule has 0 aliphatic heterocycles. The highest BCUT2D eigenvalue weighted by Gasteiger charge is 2.21. The minimum absolute atomic E-state index is 0.0696. The molecule has 0 spiro atoms. The van der Waals surface area contributed by atoms with Crippen molar-refractivity contribution in [3.05, 3.63) is 29.3 Å². The number of anilines is 1. The molecular weight excluding hydrogens is 178 g/mol. The van der Waals surface area contributed by atoms with Crippen molar-refractivity contribution in [3.63, 3.8) is 0 Å². The summed E-state index contributed by atoms with van der Waals surface area (Å²) < 4.78 is 0. The summed E-state index contributed by atoms with van der Waals surface area (Å²) in [5.74, 6) is -0.0696. The maximum Gasteiger partial charge on any atom is 0.221 e. The van der Waals surface area contributed by atoms with Gasteiger partial charge >= 0.3 is 0 Å². The normalized spacial score (nSPS) is 19.1. The first-order valence-corrected chi connectivity index (χ1v) is 4.73. The third-order valence-corrected chi connectivity index (χ3v) is 2.48. The zero-order valence-corrected chi connectivity index (χ0v) is 8.08. The molecule has 0 saturated heterocycles. The number of fused-ring (bicyclic) bond motifs is 1. The van der Waals surface area contributed by atoms with Gasteiger partial charge in [-0.2, -0.15) is 0 Å². The molecule has 0 saturated carbocycles. The van der Waals surface area contributed by atoms with Gasteiger partial charge in [-0.1, -0.05) is 12.1 Å². The first kappa shape index (κ1) is 9.21. The molecule has 1 aliphatic carbocycles. The van der Waals surface area contributed by atoms with Crippen molar-refractivity contribution in [2.45, 2.75) is 25.9 Å². The van der Waals surface area contributed by atoms with Crippen LogP contribution in [0.2, 0.25) is 0 Å². The van der Waals surface area contributed by atoms with Crippen molar-refractivity contribution >= 4 is 11.6 Å². The molecule has 1 amide bonds. The number of benzene rings is 1. The number of aliphatic hydroxyl groups is 1. The first-order chi connectivity index (χ1) is 6.66. The highest BCUT2D eigenvalue weighted by atomic mass is 16.3. The summed E-state index contributed by atoms with van der Waals surface area (Å²) in [6, 6.07) is 5.78. The fourth-order valence-electron chi connectivity index (χ4n) is 1.94. The van der Waals surface area contributed by atoms with Crippen LogP contribution in [0, 0.1) is 0 Å². The van der Waals surface area contributed by atoms with E-state index in [0.29, 0.717) is 12.8 Å². The van der Waals surface area contributed by atoms with Crippen molar-refractivity contribution in [2.24, 2.45) is 0 Å². The summed E-state index contributed by atoms with van der Waals surface area (Å²) >= 11 is 0. The lowest BCUT2D eigenvalue weighted by molar-refractivity contribution is -0.114. The molecule has 0 aromatic heterocycles. The van der Waals surface area contributed by atoms with Crippen LogP contribution in [-0.2, 0) is 17.6 Å². The Kier molecular flexibility index (Phi) is 2.25. The Hall–Kier alpha value is -1.35. The molecule has 74 valence electrons. The van der Waals surface area contributed by atoms with Crippen LogP contribution in [0.25, 0.3) is 0 Å². The van der Waals surface area contributed by atoms with E-state index in [0.717, 1.165) is 16.8 Å². The van der Waals surface area contributed by atoms with E-state index in [9.17, 15) is 9.90 Å². The van der Waals surface area contributed by atoms with Crippen LogP contribution < -0.4 is 5.32 Å². The van der Waals surface area contributed by atoms with Gasteiger partial charge in [-0.3, -0.25) is 4.79 Å². The molecule has 2 rings (SSSR count). The zero-order chi connectivity index (χ0) is 10.1. The van der Waals surface area contributed by atoms with Crippen LogP contribution in [0.3, 0.4) is 0 Å². The van der Waals surface area contributed by atoms with Crippen molar-refractivity contribution in [1.82, 2.24) is 0 Å². The number of carbonyl (C=O) groups excluding carboxylic acids is 1. The maximum absolute atomic E-state index is 10.9. The third kappa shape index (κ3) is 1.63. The van der Waals surface area contributed by atoms with Crippen LogP contribution in [0.4, 0.5) is 5.69 Å². The van der Waals surface area contributed by atoms with E-state index in [1.165, 1.54) is 6.92 Å². The predicted molar refractivity (Wildman–Crippen MR) is 54.2 cm³/mol. The number of aliphatic hydroxyl groups excluding tert-OH is 1. The van der Waals surface area contributed by atoms with E-state index >= 15 is 0 Å². The second kappa shape index (κ2) is 3.42. The maximum atomic E-state index is 10.9. The number of amides is 1. The van der Waals surface area contributed by atoms with Gasteiger partial charge in [0.25, 0.3) is 0 Å². The van der Waals surface area contributed by atoms with Gasteiger partial charge in [0.05, 0.1) is 6.10 Å². The van der Waals surface area contributed by atoms with Gasteiger partial charge in [0.15, 0.2) is 0 Å². The summed E-state index contributed by atoms with van der Waals surface area (Å²) in [7, 11) is 0. The monoisotopic (exact) mass is 191 g/mol. The average molecular weight is 191 g/mol. The van der Waals surface area contributed by atoms with Gasteiger partial charge in [-0.15, -0.1) is 0 Å². The Morgan fingerprint density at radius 2 is 2.29 bits per heavy atom. The first-order valence-electron chi connectivity index (χ1n) is 4.73. The van der Waals surface area contributed by atoms with Gasteiger partial charge in [0.1, 0.15) is 0 Å². The smallest absolute Gasteiger partial charge is 0.221 e. The molecule has 0 fully saturated rings. The lowest BCUT2D eigenvalue weighted by atomic mass is 10.1. The fourth-order valence-corrected chi connectivity index (χ4v) is 1.94. The van der Waals surface area contributed by atoms with Crippen molar-refractivity contribution in [2.75, 3.05) is 5.32 Å². The number of nitrogens with one attached hydrogen (secondary N) is 1. The van der Waals surface area contributed by atoms with E-state index in [1.807, 2.05) is 18.2 Å². The Labute approximate surface area is 82.8 Å². The second-order valence-electron chi connectivity index (χ2n) is 3.69. The van der Waals surface area contributed by atoms with Gasteiger partial charge in [-0.05, 0) is 23.6 Å². The molecule has 1 atom stereocenters. The van der Waals surface area contributed by atoms with Crippen LogP contribution in [0.1, 0.15) is 18.1 Å². The molecule has 1 aromatic rings. The summed E-state index contributed by atoms with van der Waals surface area (Å²) in [5.41, 5.74) is 3.06. The lowest BCUT2D eigenvalue weighted by Gasteiger charge is -2.07. The van der Waals surface area contributed by atoms with Crippen molar-refractivity contribution in [3.8, 4) is 0 Å². The van der Waals surface area contributed by atoms with E-state index in [1.54, 1.807) is 0 Å². The summed E-state index contributed by atoms with van der Waals surface area (Å²) in [6.07, 6.45) is 1.05. The predicted octanol–water partition coefficient (Wildman–Crippen LogP) is 1.10. The second-order valence-corrected chi connectivity index (χ2v) is 3.69. The number of rotatable bonds is 1. The molecule has 1 unspecified atom stereocenters. The number of carbonyl (C=O) groups is 1. The highest BCUT2D eigenvalue weighted by Crippen LogP contribution is 2.28. The minimum Gasteiger partial charge on any atom is -0.392 e. The largest absolute Gasteiger partial charge is 0.392 e. The average Bonchev–Trinajstić information content (AvgIpc) is 2.45. The molecule has 3 nitrogen and oxygen atoms in total. The summed E-state index contributed by atoms with van der Waals surface area (Å²) in [5, 5.41) is 12.3. The van der Waals surface area contributed by atoms with E-state index in [-0.39, 0.29) is 12.0 Å². The van der Waals surface area contributed by atoms with Crippen LogP contribution >= 0.6 is 0 Å².